The Morgan fingerprint density at radius 2 is 2.24 bits per heavy atom. The van der Waals surface area contributed by atoms with Crippen LogP contribution in [0.3, 0.4) is 0 Å². The van der Waals surface area contributed by atoms with Crippen LogP contribution in [-0.2, 0) is 17.7 Å². The molecule has 0 amide bonds. The summed E-state index contributed by atoms with van der Waals surface area (Å²) in [7, 11) is 5.78. The Balaban J connectivity index is 2.83. The summed E-state index contributed by atoms with van der Waals surface area (Å²) in [6.07, 6.45) is 0.986. The Morgan fingerprint density at radius 1 is 1.53 bits per heavy atom. The zero-order valence-corrected chi connectivity index (χ0v) is 12.2. The normalized spacial score (nSPS) is 12.8. The van der Waals surface area contributed by atoms with Crippen molar-refractivity contribution in [3.63, 3.8) is 0 Å². The number of anilines is 1. The van der Waals surface area contributed by atoms with Crippen molar-refractivity contribution in [1.29, 1.82) is 0 Å². The smallest absolute Gasteiger partial charge is 0.185 e. The lowest BCUT2D eigenvalue weighted by atomic mass is 10.3. The highest BCUT2D eigenvalue weighted by Crippen LogP contribution is 2.27. The summed E-state index contributed by atoms with van der Waals surface area (Å²) >= 11 is 1.77. The molecule has 0 radical (unpaired) electrons. The van der Waals surface area contributed by atoms with Gasteiger partial charge in [-0.05, 0) is 20.4 Å². The van der Waals surface area contributed by atoms with Gasteiger partial charge in [-0.25, -0.2) is 4.98 Å². The second-order valence-corrected chi connectivity index (χ2v) is 5.23. The molecular weight excluding hydrogens is 234 g/mol. The molecule has 0 saturated carbocycles. The van der Waals surface area contributed by atoms with Crippen LogP contribution in [0.25, 0.3) is 0 Å². The monoisotopic (exact) mass is 257 g/mol. The summed E-state index contributed by atoms with van der Waals surface area (Å²) in [6, 6.07) is 0.346. The molecule has 17 heavy (non-hydrogen) atoms. The number of rotatable bonds is 7. The highest BCUT2D eigenvalue weighted by molar-refractivity contribution is 7.15. The van der Waals surface area contributed by atoms with Gasteiger partial charge in [0.25, 0.3) is 0 Å². The predicted molar refractivity (Wildman–Crippen MR) is 74.0 cm³/mol. The van der Waals surface area contributed by atoms with Crippen LogP contribution < -0.4 is 10.2 Å². The van der Waals surface area contributed by atoms with E-state index in [0.717, 1.165) is 24.7 Å². The van der Waals surface area contributed by atoms with Gasteiger partial charge in [0.05, 0.1) is 18.3 Å². The molecule has 0 aliphatic rings. The molecule has 1 rings (SSSR count). The Morgan fingerprint density at radius 3 is 2.76 bits per heavy atom. The van der Waals surface area contributed by atoms with E-state index >= 15 is 0 Å². The van der Waals surface area contributed by atoms with Crippen molar-refractivity contribution in [2.24, 2.45) is 0 Å². The van der Waals surface area contributed by atoms with Gasteiger partial charge in [0, 0.05) is 25.6 Å². The van der Waals surface area contributed by atoms with Gasteiger partial charge >= 0.3 is 0 Å². The largest absolute Gasteiger partial charge is 0.383 e. The average molecular weight is 257 g/mol. The minimum absolute atomic E-state index is 0.346. The molecule has 4 nitrogen and oxygen atoms in total. The molecule has 1 atom stereocenters. The van der Waals surface area contributed by atoms with E-state index in [4.69, 9.17) is 9.72 Å². The van der Waals surface area contributed by atoms with Crippen LogP contribution in [-0.4, -0.2) is 38.8 Å². The summed E-state index contributed by atoms with van der Waals surface area (Å²) < 4.78 is 5.18. The second kappa shape index (κ2) is 6.93. The fourth-order valence-corrected chi connectivity index (χ4v) is 2.86. The number of hydrogen-bond acceptors (Lipinski definition) is 5. The zero-order chi connectivity index (χ0) is 12.8. The summed E-state index contributed by atoms with van der Waals surface area (Å²) in [4.78, 5) is 8.22. The standard InChI is InChI=1S/C12H23N3OS/c1-6-10-11(7-13-3)17-12(14-10)15(4)9(2)8-16-5/h9,13H,6-8H2,1-5H3. The van der Waals surface area contributed by atoms with E-state index < -0.39 is 0 Å². The van der Waals surface area contributed by atoms with E-state index in [-0.39, 0.29) is 0 Å². The van der Waals surface area contributed by atoms with Crippen molar-refractivity contribution < 1.29 is 4.74 Å². The van der Waals surface area contributed by atoms with E-state index in [0.29, 0.717) is 6.04 Å². The lowest BCUT2D eigenvalue weighted by Gasteiger charge is -2.23. The molecule has 0 saturated heterocycles. The number of nitrogens with one attached hydrogen (secondary N) is 1. The third-order valence-corrected chi connectivity index (χ3v) is 4.00. The van der Waals surface area contributed by atoms with E-state index in [1.54, 1.807) is 18.4 Å². The first kappa shape index (κ1) is 14.4. The van der Waals surface area contributed by atoms with Gasteiger partial charge < -0.3 is 15.0 Å². The van der Waals surface area contributed by atoms with E-state index in [1.165, 1.54) is 10.6 Å². The highest BCUT2D eigenvalue weighted by Gasteiger charge is 2.16. The SMILES string of the molecule is CCc1nc(N(C)C(C)COC)sc1CNC. The summed E-state index contributed by atoms with van der Waals surface area (Å²) in [5.41, 5.74) is 1.20. The number of aromatic nitrogens is 1. The van der Waals surface area contributed by atoms with Crippen LogP contribution in [0.2, 0.25) is 0 Å². The lowest BCUT2D eigenvalue weighted by molar-refractivity contribution is 0.183. The molecule has 0 aliphatic heterocycles. The topological polar surface area (TPSA) is 37.4 Å². The summed E-state index contributed by atoms with van der Waals surface area (Å²) in [5.74, 6) is 0. The Bertz CT molecular complexity index is 340. The van der Waals surface area contributed by atoms with Crippen molar-refractivity contribution in [2.45, 2.75) is 32.9 Å². The molecule has 5 heteroatoms. The Hall–Kier alpha value is -0.650. The van der Waals surface area contributed by atoms with E-state index in [1.807, 2.05) is 7.05 Å². The van der Waals surface area contributed by atoms with Gasteiger partial charge in [0.1, 0.15) is 0 Å². The molecule has 1 heterocycles. The van der Waals surface area contributed by atoms with Crippen molar-refractivity contribution in [3.8, 4) is 0 Å². The fraction of sp³-hybridized carbons (Fsp3) is 0.750. The van der Waals surface area contributed by atoms with Crippen molar-refractivity contribution >= 4 is 16.5 Å². The quantitative estimate of drug-likeness (QED) is 0.809. The molecule has 0 bridgehead atoms. The lowest BCUT2D eigenvalue weighted by Crippen LogP contribution is -2.32. The first-order valence-corrected chi connectivity index (χ1v) is 6.80. The van der Waals surface area contributed by atoms with Crippen molar-refractivity contribution in [1.82, 2.24) is 10.3 Å². The number of hydrogen-bond donors (Lipinski definition) is 1. The van der Waals surface area contributed by atoms with Gasteiger partial charge in [-0.3, -0.25) is 0 Å². The maximum atomic E-state index is 5.18. The van der Waals surface area contributed by atoms with Crippen LogP contribution in [0, 0.1) is 0 Å². The summed E-state index contributed by atoms with van der Waals surface area (Å²) in [6.45, 7) is 5.91. The molecule has 1 unspecified atom stereocenters. The number of likely N-dealkylation sites (N-methyl/N-ethyl adjacent to an activating group) is 1. The number of ether oxygens (including phenoxy) is 1. The maximum absolute atomic E-state index is 5.18. The number of thiazole rings is 1. The highest BCUT2D eigenvalue weighted by atomic mass is 32.1. The number of methoxy groups -OCH3 is 1. The minimum atomic E-state index is 0.346. The number of nitrogens with zero attached hydrogens (tertiary/aromatic N) is 2. The minimum Gasteiger partial charge on any atom is -0.383 e. The predicted octanol–water partition coefficient (Wildman–Crippen LogP) is 1.90. The third-order valence-electron chi connectivity index (χ3n) is 2.81. The van der Waals surface area contributed by atoms with Crippen molar-refractivity contribution in [3.05, 3.63) is 10.6 Å². The van der Waals surface area contributed by atoms with E-state index in [9.17, 15) is 0 Å². The van der Waals surface area contributed by atoms with Crippen LogP contribution in [0.4, 0.5) is 5.13 Å². The molecular formula is C12H23N3OS. The van der Waals surface area contributed by atoms with Gasteiger partial charge in [-0.15, -0.1) is 11.3 Å². The van der Waals surface area contributed by atoms with Crippen LogP contribution in [0.1, 0.15) is 24.4 Å². The molecule has 1 aromatic heterocycles. The zero-order valence-electron chi connectivity index (χ0n) is 11.4. The first-order valence-electron chi connectivity index (χ1n) is 5.98. The molecule has 0 spiro atoms. The molecule has 0 fully saturated rings. The van der Waals surface area contributed by atoms with E-state index in [2.05, 4.69) is 31.1 Å². The van der Waals surface area contributed by atoms with Gasteiger partial charge in [0.15, 0.2) is 5.13 Å². The Kier molecular flexibility index (Phi) is 5.88. The van der Waals surface area contributed by atoms with Gasteiger partial charge in [0.2, 0.25) is 0 Å². The second-order valence-electron chi connectivity index (χ2n) is 4.17. The first-order chi connectivity index (χ1) is 8.13. The molecule has 1 aromatic rings. The van der Waals surface area contributed by atoms with Crippen LogP contribution in [0.15, 0.2) is 0 Å². The van der Waals surface area contributed by atoms with Gasteiger partial charge in [-0.2, -0.15) is 0 Å². The van der Waals surface area contributed by atoms with Crippen molar-refractivity contribution in [2.75, 3.05) is 32.7 Å². The fourth-order valence-electron chi connectivity index (χ4n) is 1.64. The maximum Gasteiger partial charge on any atom is 0.185 e. The summed E-state index contributed by atoms with van der Waals surface area (Å²) in [5, 5.41) is 4.27. The molecule has 98 valence electrons. The molecule has 0 aromatic carbocycles. The van der Waals surface area contributed by atoms with Crippen LogP contribution in [0.5, 0.6) is 0 Å². The average Bonchev–Trinajstić information content (AvgIpc) is 2.72. The molecule has 1 N–H and O–H groups in total. The Labute approximate surface area is 108 Å². The number of aryl methyl sites for hydroxylation is 1. The van der Waals surface area contributed by atoms with Crippen LogP contribution >= 0.6 is 11.3 Å². The molecule has 0 aliphatic carbocycles. The third kappa shape index (κ3) is 3.66. The van der Waals surface area contributed by atoms with Gasteiger partial charge in [-0.1, -0.05) is 6.92 Å².